The summed E-state index contributed by atoms with van der Waals surface area (Å²) in [6.45, 7) is 0.944. The molecule has 1 heterocycles. The third-order valence-corrected chi connectivity index (χ3v) is 2.79. The minimum absolute atomic E-state index is 0.0849. The van der Waals surface area contributed by atoms with Gasteiger partial charge < -0.3 is 26.2 Å². The molecule has 0 unspecified atom stereocenters. The molecule has 1 aliphatic rings. The molecule has 1 rings (SSSR count). The first-order valence-corrected chi connectivity index (χ1v) is 5.03. The van der Waals surface area contributed by atoms with E-state index in [1.165, 1.54) is 0 Å². The second-order valence-corrected chi connectivity index (χ2v) is 4.22. The van der Waals surface area contributed by atoms with Crippen molar-refractivity contribution in [2.75, 3.05) is 13.1 Å². The molecule has 2 atom stereocenters. The highest BCUT2D eigenvalue weighted by Crippen LogP contribution is 2.23. The first kappa shape index (κ1) is 12.4. The molecule has 0 aliphatic carbocycles. The predicted octanol–water partition coefficient (Wildman–Crippen LogP) is -1.76. The molecule has 1 saturated heterocycles. The molecule has 6 N–H and O–H groups in total. The van der Waals surface area contributed by atoms with E-state index in [9.17, 15) is 4.79 Å². The van der Waals surface area contributed by atoms with E-state index >= 15 is 0 Å². The average molecular weight is 216 g/mol. The second kappa shape index (κ2) is 4.93. The minimum Gasteiger partial charge on any atom is -0.480 e. The number of nitrogens with one attached hydrogen (secondary N) is 1. The van der Waals surface area contributed by atoms with Crippen LogP contribution in [0.4, 0.5) is 0 Å². The van der Waals surface area contributed by atoms with Crippen molar-refractivity contribution in [3.8, 4) is 0 Å². The molecule has 0 spiro atoms. The van der Waals surface area contributed by atoms with E-state index in [0.717, 1.165) is 0 Å². The number of carboxylic acid groups (broad SMARTS) is 1. The van der Waals surface area contributed by atoms with Crippen molar-refractivity contribution < 1.29 is 19.9 Å². The summed E-state index contributed by atoms with van der Waals surface area (Å²) in [4.78, 5) is 10.9. The first-order valence-electron chi connectivity index (χ1n) is 5.03. The normalized spacial score (nSPS) is 31.3. The van der Waals surface area contributed by atoms with Gasteiger partial charge in [-0.25, -0.2) is 0 Å². The lowest BCUT2D eigenvalue weighted by Crippen LogP contribution is -2.60. The van der Waals surface area contributed by atoms with Crippen molar-refractivity contribution in [2.24, 2.45) is 11.7 Å². The van der Waals surface area contributed by atoms with Crippen LogP contribution in [0.15, 0.2) is 0 Å². The van der Waals surface area contributed by atoms with Crippen LogP contribution in [-0.2, 0) is 4.79 Å². The summed E-state index contributed by atoms with van der Waals surface area (Å²) >= 11 is 0. The van der Waals surface area contributed by atoms with Crippen molar-refractivity contribution >= 4 is 13.1 Å². The van der Waals surface area contributed by atoms with Gasteiger partial charge in [0, 0.05) is 6.54 Å². The van der Waals surface area contributed by atoms with Crippen LogP contribution in [0.25, 0.3) is 0 Å². The smallest absolute Gasteiger partial charge is 0.451 e. The number of rotatable bonds is 4. The van der Waals surface area contributed by atoms with E-state index in [2.05, 4.69) is 5.32 Å². The molecule has 15 heavy (non-hydrogen) atoms. The maximum Gasteiger partial charge on any atom is 0.451 e. The Hall–Kier alpha value is -0.625. The van der Waals surface area contributed by atoms with Crippen LogP contribution in [0.2, 0.25) is 6.32 Å². The Morgan fingerprint density at radius 1 is 1.60 bits per heavy atom. The molecule has 0 aromatic carbocycles. The molecule has 0 radical (unpaired) electrons. The Morgan fingerprint density at radius 2 is 2.27 bits per heavy atom. The maximum absolute atomic E-state index is 10.9. The second-order valence-electron chi connectivity index (χ2n) is 4.22. The molecular weight excluding hydrogens is 199 g/mol. The molecule has 1 aliphatic heterocycles. The van der Waals surface area contributed by atoms with Crippen LogP contribution in [0.5, 0.6) is 0 Å². The van der Waals surface area contributed by atoms with Crippen LogP contribution < -0.4 is 11.1 Å². The molecule has 0 amide bonds. The predicted molar refractivity (Wildman–Crippen MR) is 55.1 cm³/mol. The van der Waals surface area contributed by atoms with Gasteiger partial charge in [-0.2, -0.15) is 0 Å². The first-order chi connectivity index (χ1) is 6.94. The van der Waals surface area contributed by atoms with Gasteiger partial charge in [0.2, 0.25) is 0 Å². The van der Waals surface area contributed by atoms with E-state index in [-0.39, 0.29) is 18.8 Å². The van der Waals surface area contributed by atoms with Crippen molar-refractivity contribution in [1.29, 1.82) is 0 Å². The molecule has 0 aromatic heterocycles. The Labute approximate surface area is 88.6 Å². The molecule has 0 aromatic rings. The van der Waals surface area contributed by atoms with Crippen molar-refractivity contribution in [3.63, 3.8) is 0 Å². The molecular formula is C8H17BN2O4. The number of hydrogen-bond donors (Lipinski definition) is 5. The summed E-state index contributed by atoms with van der Waals surface area (Å²) in [5.74, 6) is -0.925. The Morgan fingerprint density at radius 3 is 2.80 bits per heavy atom. The van der Waals surface area contributed by atoms with Crippen LogP contribution in [0.3, 0.4) is 0 Å². The molecule has 1 fully saturated rings. The van der Waals surface area contributed by atoms with Gasteiger partial charge in [0.05, 0.1) is 0 Å². The summed E-state index contributed by atoms with van der Waals surface area (Å²) in [5, 5.41) is 29.3. The summed E-state index contributed by atoms with van der Waals surface area (Å²) < 4.78 is 0. The molecule has 7 heteroatoms. The van der Waals surface area contributed by atoms with E-state index < -0.39 is 18.6 Å². The number of carboxylic acids is 1. The lowest BCUT2D eigenvalue weighted by atomic mass is 9.76. The monoisotopic (exact) mass is 216 g/mol. The summed E-state index contributed by atoms with van der Waals surface area (Å²) in [7, 11) is -1.33. The van der Waals surface area contributed by atoms with Gasteiger partial charge >= 0.3 is 13.1 Å². The largest absolute Gasteiger partial charge is 0.480 e. The Kier molecular flexibility index (Phi) is 4.09. The van der Waals surface area contributed by atoms with Crippen molar-refractivity contribution in [3.05, 3.63) is 0 Å². The van der Waals surface area contributed by atoms with E-state index in [1.54, 1.807) is 0 Å². The van der Waals surface area contributed by atoms with Gasteiger partial charge in [-0.15, -0.1) is 0 Å². The SMILES string of the molecule is N[C@]1(C(=O)O)CNC[C@H](CCB(O)O)C1. The van der Waals surface area contributed by atoms with Crippen LogP contribution >= 0.6 is 0 Å². The number of carbonyl (C=O) groups is 1. The van der Waals surface area contributed by atoms with E-state index in [0.29, 0.717) is 19.4 Å². The molecule has 86 valence electrons. The number of aliphatic carboxylic acids is 1. The van der Waals surface area contributed by atoms with Gasteiger partial charge in [-0.1, -0.05) is 6.42 Å². The van der Waals surface area contributed by atoms with Gasteiger partial charge in [0.1, 0.15) is 5.54 Å². The van der Waals surface area contributed by atoms with E-state index in [4.69, 9.17) is 20.9 Å². The van der Waals surface area contributed by atoms with Gasteiger partial charge in [-0.3, -0.25) is 4.79 Å². The average Bonchev–Trinajstić information content (AvgIpc) is 2.15. The fraction of sp³-hybridized carbons (Fsp3) is 0.875. The number of hydrogen-bond acceptors (Lipinski definition) is 5. The highest BCUT2D eigenvalue weighted by atomic mass is 16.4. The standard InChI is InChI=1S/C8H17BN2O4/c10-8(7(12)13)3-6(4-11-5-8)1-2-9(14)15/h6,11,14-15H,1-5,10H2,(H,12,13)/t6-,8+/m1/s1. The lowest BCUT2D eigenvalue weighted by molar-refractivity contribution is -0.144. The topological polar surface area (TPSA) is 116 Å². The highest BCUT2D eigenvalue weighted by Gasteiger charge is 2.39. The van der Waals surface area contributed by atoms with Gasteiger partial charge in [0.25, 0.3) is 0 Å². The molecule has 6 nitrogen and oxygen atoms in total. The summed E-state index contributed by atoms with van der Waals surface area (Å²) in [6.07, 6.45) is 1.20. The third-order valence-electron chi connectivity index (χ3n) is 2.79. The number of nitrogens with two attached hydrogens (primary N) is 1. The quantitative estimate of drug-likeness (QED) is 0.355. The van der Waals surface area contributed by atoms with Crippen LogP contribution in [-0.4, -0.2) is 46.9 Å². The summed E-state index contributed by atoms with van der Waals surface area (Å²) in [6, 6.07) is 0. The molecule has 0 saturated carbocycles. The van der Waals surface area contributed by atoms with Gasteiger partial charge in [0.15, 0.2) is 0 Å². The van der Waals surface area contributed by atoms with Crippen molar-refractivity contribution in [2.45, 2.75) is 24.7 Å². The zero-order valence-electron chi connectivity index (χ0n) is 8.52. The van der Waals surface area contributed by atoms with Crippen LogP contribution in [0.1, 0.15) is 12.8 Å². The van der Waals surface area contributed by atoms with Gasteiger partial charge in [-0.05, 0) is 25.2 Å². The van der Waals surface area contributed by atoms with E-state index in [1.807, 2.05) is 0 Å². The zero-order valence-corrected chi connectivity index (χ0v) is 8.52. The zero-order chi connectivity index (χ0) is 11.5. The highest BCUT2D eigenvalue weighted by molar-refractivity contribution is 6.40. The third kappa shape index (κ3) is 3.46. The number of piperidine rings is 1. The van der Waals surface area contributed by atoms with Crippen molar-refractivity contribution in [1.82, 2.24) is 5.32 Å². The summed E-state index contributed by atoms with van der Waals surface area (Å²) in [5.41, 5.74) is 4.49. The molecule has 0 bridgehead atoms. The fourth-order valence-electron chi connectivity index (χ4n) is 1.91. The maximum atomic E-state index is 10.9. The minimum atomic E-state index is -1.33. The fourth-order valence-corrected chi connectivity index (χ4v) is 1.91. The lowest BCUT2D eigenvalue weighted by Gasteiger charge is -2.35. The Balaban J connectivity index is 2.45. The Bertz CT molecular complexity index is 239. The van der Waals surface area contributed by atoms with Crippen LogP contribution in [0, 0.1) is 5.92 Å².